The van der Waals surface area contributed by atoms with Gasteiger partial charge < -0.3 is 20.7 Å². The Bertz CT molecular complexity index is 778. The SMILES string of the molecule is Cc1cc(NC(=O)C(=O)NCC2CCCO2)n(C2NC(=O)CC(C(C)(C)C)N2)n1. The fraction of sp³-hybridized carbons (Fsp3) is 0.684. The van der Waals surface area contributed by atoms with Gasteiger partial charge >= 0.3 is 11.8 Å². The van der Waals surface area contributed by atoms with Crippen LogP contribution >= 0.6 is 0 Å². The highest BCUT2D eigenvalue weighted by Crippen LogP contribution is 2.27. The molecule has 3 atom stereocenters. The third-order valence-electron chi connectivity index (χ3n) is 5.16. The summed E-state index contributed by atoms with van der Waals surface area (Å²) in [6.07, 6.45) is 1.51. The Morgan fingerprint density at radius 3 is 2.76 bits per heavy atom. The molecule has 0 bridgehead atoms. The van der Waals surface area contributed by atoms with Gasteiger partial charge in [0.2, 0.25) is 5.91 Å². The molecule has 4 N–H and O–H groups in total. The predicted molar refractivity (Wildman–Crippen MR) is 106 cm³/mol. The van der Waals surface area contributed by atoms with Crippen LogP contribution in [-0.2, 0) is 19.1 Å². The summed E-state index contributed by atoms with van der Waals surface area (Å²) in [4.78, 5) is 36.7. The van der Waals surface area contributed by atoms with Crippen LogP contribution in [0.25, 0.3) is 0 Å². The van der Waals surface area contributed by atoms with Gasteiger partial charge in [0.05, 0.1) is 11.8 Å². The van der Waals surface area contributed by atoms with Crippen molar-refractivity contribution in [2.24, 2.45) is 5.41 Å². The first kappa shape index (κ1) is 21.3. The van der Waals surface area contributed by atoms with Crippen molar-refractivity contribution in [1.82, 2.24) is 25.7 Å². The number of carbonyl (C=O) groups is 3. The molecule has 3 unspecified atom stereocenters. The molecule has 2 aliphatic heterocycles. The number of aromatic nitrogens is 2. The van der Waals surface area contributed by atoms with E-state index in [1.165, 1.54) is 4.68 Å². The van der Waals surface area contributed by atoms with Gasteiger partial charge in [0.25, 0.3) is 0 Å². The van der Waals surface area contributed by atoms with Crippen molar-refractivity contribution in [1.29, 1.82) is 0 Å². The van der Waals surface area contributed by atoms with E-state index in [1.54, 1.807) is 13.0 Å². The van der Waals surface area contributed by atoms with Gasteiger partial charge in [0.15, 0.2) is 6.29 Å². The van der Waals surface area contributed by atoms with Gasteiger partial charge in [-0.1, -0.05) is 20.8 Å². The largest absolute Gasteiger partial charge is 0.376 e. The highest BCUT2D eigenvalue weighted by Gasteiger charge is 2.35. The van der Waals surface area contributed by atoms with Gasteiger partial charge in [-0.2, -0.15) is 5.10 Å². The molecule has 2 saturated heterocycles. The molecule has 1 aromatic rings. The average Bonchev–Trinajstić information content (AvgIpc) is 3.28. The first-order chi connectivity index (χ1) is 13.6. The molecule has 0 spiro atoms. The predicted octanol–water partition coefficient (Wildman–Crippen LogP) is 0.406. The number of aryl methyl sites for hydroxylation is 1. The summed E-state index contributed by atoms with van der Waals surface area (Å²) in [5.41, 5.74) is 0.512. The Labute approximate surface area is 170 Å². The molecule has 0 radical (unpaired) electrons. The van der Waals surface area contributed by atoms with Crippen LogP contribution in [0.2, 0.25) is 0 Å². The molecular formula is C19H30N6O4. The molecule has 160 valence electrons. The third kappa shape index (κ3) is 5.33. The van der Waals surface area contributed by atoms with Gasteiger partial charge in [0.1, 0.15) is 5.82 Å². The maximum absolute atomic E-state index is 12.3. The normalized spacial score (nSPS) is 24.8. The van der Waals surface area contributed by atoms with Crippen LogP contribution < -0.4 is 21.3 Å². The Balaban J connectivity index is 1.67. The van der Waals surface area contributed by atoms with E-state index < -0.39 is 18.1 Å². The van der Waals surface area contributed by atoms with E-state index in [0.717, 1.165) is 12.8 Å². The summed E-state index contributed by atoms with van der Waals surface area (Å²) in [6, 6.07) is 1.59. The molecular weight excluding hydrogens is 376 g/mol. The van der Waals surface area contributed by atoms with E-state index >= 15 is 0 Å². The number of hydrogen-bond acceptors (Lipinski definition) is 6. The molecule has 0 saturated carbocycles. The first-order valence-electron chi connectivity index (χ1n) is 9.96. The molecule has 1 aromatic heterocycles. The summed E-state index contributed by atoms with van der Waals surface area (Å²) in [5, 5.41) is 15.8. The van der Waals surface area contributed by atoms with Gasteiger partial charge in [-0.3, -0.25) is 19.7 Å². The molecule has 29 heavy (non-hydrogen) atoms. The number of amides is 3. The lowest BCUT2D eigenvalue weighted by molar-refractivity contribution is -0.136. The number of hydrogen-bond donors (Lipinski definition) is 4. The summed E-state index contributed by atoms with van der Waals surface area (Å²) in [7, 11) is 0. The summed E-state index contributed by atoms with van der Waals surface area (Å²) in [5.74, 6) is -1.31. The zero-order chi connectivity index (χ0) is 21.2. The summed E-state index contributed by atoms with van der Waals surface area (Å²) >= 11 is 0. The minimum absolute atomic E-state index is 0.0458. The van der Waals surface area contributed by atoms with Crippen LogP contribution in [0, 0.1) is 12.3 Å². The molecule has 3 amide bonds. The smallest absolute Gasteiger partial charge is 0.314 e. The van der Waals surface area contributed by atoms with Crippen LogP contribution in [0.3, 0.4) is 0 Å². The second-order valence-electron chi connectivity index (χ2n) is 8.67. The van der Waals surface area contributed by atoms with Crippen molar-refractivity contribution in [3.05, 3.63) is 11.8 Å². The lowest BCUT2D eigenvalue weighted by Gasteiger charge is -2.39. The van der Waals surface area contributed by atoms with Crippen LogP contribution in [0.5, 0.6) is 0 Å². The van der Waals surface area contributed by atoms with Crippen molar-refractivity contribution in [2.45, 2.75) is 65.4 Å². The Hall–Kier alpha value is -2.46. The maximum Gasteiger partial charge on any atom is 0.314 e. The fourth-order valence-corrected chi connectivity index (χ4v) is 3.45. The molecule has 10 nitrogen and oxygen atoms in total. The van der Waals surface area contributed by atoms with Crippen molar-refractivity contribution in [2.75, 3.05) is 18.5 Å². The van der Waals surface area contributed by atoms with Gasteiger partial charge in [-0.15, -0.1) is 0 Å². The Kier molecular flexibility index (Phi) is 6.23. The number of anilines is 1. The number of ether oxygens (including phenoxy) is 1. The molecule has 0 aromatic carbocycles. The molecule has 2 aliphatic rings. The van der Waals surface area contributed by atoms with Crippen molar-refractivity contribution in [3.8, 4) is 0 Å². The first-order valence-corrected chi connectivity index (χ1v) is 9.96. The second kappa shape index (κ2) is 8.50. The van der Waals surface area contributed by atoms with Crippen molar-refractivity contribution >= 4 is 23.5 Å². The van der Waals surface area contributed by atoms with Crippen molar-refractivity contribution in [3.63, 3.8) is 0 Å². The molecule has 3 heterocycles. The Morgan fingerprint density at radius 2 is 2.10 bits per heavy atom. The number of carbonyl (C=O) groups excluding carboxylic acids is 3. The summed E-state index contributed by atoms with van der Waals surface area (Å²) < 4.78 is 6.92. The van der Waals surface area contributed by atoms with E-state index in [2.05, 4.69) is 47.1 Å². The van der Waals surface area contributed by atoms with E-state index in [9.17, 15) is 14.4 Å². The highest BCUT2D eigenvalue weighted by atomic mass is 16.5. The molecule has 10 heteroatoms. The Morgan fingerprint density at radius 1 is 1.34 bits per heavy atom. The zero-order valence-electron chi connectivity index (χ0n) is 17.4. The van der Waals surface area contributed by atoms with Crippen LogP contribution in [0.1, 0.15) is 52.0 Å². The van der Waals surface area contributed by atoms with E-state index in [-0.39, 0.29) is 23.5 Å². The lowest BCUT2D eigenvalue weighted by Crippen LogP contribution is -2.57. The third-order valence-corrected chi connectivity index (χ3v) is 5.16. The van der Waals surface area contributed by atoms with Crippen LogP contribution in [0.4, 0.5) is 5.82 Å². The fourth-order valence-electron chi connectivity index (χ4n) is 3.45. The summed E-state index contributed by atoms with van der Waals surface area (Å²) in [6.45, 7) is 8.91. The minimum atomic E-state index is -0.793. The number of nitrogens with one attached hydrogen (secondary N) is 4. The monoisotopic (exact) mass is 406 g/mol. The number of nitrogens with zero attached hydrogens (tertiary/aromatic N) is 2. The van der Waals surface area contributed by atoms with Gasteiger partial charge in [-0.05, 0) is 25.2 Å². The molecule has 2 fully saturated rings. The van der Waals surface area contributed by atoms with E-state index in [4.69, 9.17) is 4.74 Å². The van der Waals surface area contributed by atoms with Crippen molar-refractivity contribution < 1.29 is 19.1 Å². The minimum Gasteiger partial charge on any atom is -0.376 e. The van der Waals surface area contributed by atoms with E-state index in [0.29, 0.717) is 31.1 Å². The van der Waals surface area contributed by atoms with Crippen LogP contribution in [-0.4, -0.2) is 52.8 Å². The molecule has 0 aliphatic carbocycles. The van der Waals surface area contributed by atoms with Crippen LogP contribution in [0.15, 0.2) is 6.07 Å². The van der Waals surface area contributed by atoms with Gasteiger partial charge in [0, 0.05) is 31.7 Å². The topological polar surface area (TPSA) is 126 Å². The standard InChI is InChI=1S/C19H30N6O4/c1-11-8-14(22-17(28)16(27)20-10-12-6-5-7-29-12)25(24-11)18-21-13(19(2,3)4)9-15(26)23-18/h8,12-13,18,21H,5-7,9-10H2,1-4H3,(H,20,27)(H,22,28)(H,23,26). The highest BCUT2D eigenvalue weighted by molar-refractivity contribution is 6.39. The lowest BCUT2D eigenvalue weighted by atomic mass is 9.84. The second-order valence-corrected chi connectivity index (χ2v) is 8.67. The zero-order valence-corrected chi connectivity index (χ0v) is 17.4. The maximum atomic E-state index is 12.3. The quantitative estimate of drug-likeness (QED) is 0.537. The van der Waals surface area contributed by atoms with Gasteiger partial charge in [-0.25, -0.2) is 4.68 Å². The van der Waals surface area contributed by atoms with E-state index in [1.807, 2.05) is 0 Å². The number of rotatable bonds is 4. The average molecular weight is 406 g/mol. The molecule has 3 rings (SSSR count).